The van der Waals surface area contributed by atoms with Crippen LogP contribution in [0.25, 0.3) is 0 Å². The average molecular weight is 239 g/mol. The second kappa shape index (κ2) is 5.25. The van der Waals surface area contributed by atoms with E-state index in [-0.39, 0.29) is 18.3 Å². The first-order chi connectivity index (χ1) is 8.26. The Kier molecular flexibility index (Phi) is 3.71. The molecule has 0 spiro atoms. The third kappa shape index (κ3) is 2.45. The Hall–Kier alpha value is -1.46. The fourth-order valence-electron chi connectivity index (χ4n) is 1.97. The van der Waals surface area contributed by atoms with Gasteiger partial charge in [-0.15, -0.1) is 0 Å². The molecule has 17 heavy (non-hydrogen) atoms. The van der Waals surface area contributed by atoms with Crippen LogP contribution in [-0.2, 0) is 4.74 Å². The van der Waals surface area contributed by atoms with E-state index < -0.39 is 5.82 Å². The fourth-order valence-corrected chi connectivity index (χ4v) is 1.97. The van der Waals surface area contributed by atoms with Crippen LogP contribution in [0.15, 0.2) is 18.2 Å². The number of hydrogen-bond donors (Lipinski definition) is 1. The lowest BCUT2D eigenvalue weighted by molar-refractivity contribution is 0.00352. The van der Waals surface area contributed by atoms with E-state index in [1.807, 2.05) is 4.90 Å². The van der Waals surface area contributed by atoms with Gasteiger partial charge in [0.1, 0.15) is 5.82 Å². The first kappa shape index (κ1) is 12.0. The van der Waals surface area contributed by atoms with Crippen LogP contribution in [0.5, 0.6) is 0 Å². The molecule has 2 rings (SSSR count). The Labute approximate surface area is 98.6 Å². The fraction of sp³-hybridized carbons (Fsp3) is 0.417. The van der Waals surface area contributed by atoms with Gasteiger partial charge in [-0.3, -0.25) is 4.79 Å². The number of rotatable bonds is 3. The zero-order chi connectivity index (χ0) is 12.3. The lowest BCUT2D eigenvalue weighted by Crippen LogP contribution is -2.44. The summed E-state index contributed by atoms with van der Waals surface area (Å²) in [5.74, 6) is -0.524. The van der Waals surface area contributed by atoms with E-state index >= 15 is 0 Å². The standard InChI is InChI=1S/C12H14FNO3/c13-11-2-1-3-12(10(11)8-16)14-4-5-17-9(6-14)7-15/h1-3,8-9,15H,4-7H2. The first-order valence-corrected chi connectivity index (χ1v) is 5.47. The van der Waals surface area contributed by atoms with Crippen molar-refractivity contribution in [3.63, 3.8) is 0 Å². The molecule has 1 N–H and O–H groups in total. The van der Waals surface area contributed by atoms with Crippen LogP contribution >= 0.6 is 0 Å². The van der Waals surface area contributed by atoms with Crippen molar-refractivity contribution in [1.82, 2.24) is 0 Å². The molecule has 1 aliphatic rings. The molecule has 0 amide bonds. The van der Waals surface area contributed by atoms with Crippen LogP contribution < -0.4 is 4.90 Å². The second-order valence-electron chi connectivity index (χ2n) is 3.91. The first-order valence-electron chi connectivity index (χ1n) is 5.47. The zero-order valence-electron chi connectivity index (χ0n) is 9.30. The molecule has 0 radical (unpaired) electrons. The molecule has 1 aliphatic heterocycles. The number of hydrogen-bond acceptors (Lipinski definition) is 4. The van der Waals surface area contributed by atoms with Gasteiger partial charge in [-0.25, -0.2) is 4.39 Å². The molecule has 0 aromatic heterocycles. The molecule has 1 unspecified atom stereocenters. The number of ether oxygens (including phenoxy) is 1. The normalized spacial score (nSPS) is 20.4. The van der Waals surface area contributed by atoms with Crippen LogP contribution in [0.1, 0.15) is 10.4 Å². The number of aliphatic hydroxyl groups excluding tert-OH is 1. The third-order valence-electron chi connectivity index (χ3n) is 2.83. The topological polar surface area (TPSA) is 49.8 Å². The molecule has 1 atom stereocenters. The molecule has 1 saturated heterocycles. The summed E-state index contributed by atoms with van der Waals surface area (Å²) in [6.07, 6.45) is 0.236. The van der Waals surface area contributed by atoms with E-state index in [9.17, 15) is 9.18 Å². The van der Waals surface area contributed by atoms with Gasteiger partial charge in [0.25, 0.3) is 0 Å². The number of anilines is 1. The van der Waals surface area contributed by atoms with E-state index in [1.54, 1.807) is 12.1 Å². The Morgan fingerprint density at radius 3 is 3.12 bits per heavy atom. The zero-order valence-corrected chi connectivity index (χ0v) is 9.30. The molecule has 4 nitrogen and oxygen atoms in total. The van der Waals surface area contributed by atoms with E-state index in [0.29, 0.717) is 31.7 Å². The van der Waals surface area contributed by atoms with Crippen LogP contribution in [0.4, 0.5) is 10.1 Å². The highest BCUT2D eigenvalue weighted by Gasteiger charge is 2.22. The highest BCUT2D eigenvalue weighted by atomic mass is 19.1. The van der Waals surface area contributed by atoms with Crippen molar-refractivity contribution in [2.75, 3.05) is 31.2 Å². The summed E-state index contributed by atoms with van der Waals surface area (Å²) >= 11 is 0. The van der Waals surface area contributed by atoms with Crippen LogP contribution in [-0.4, -0.2) is 43.8 Å². The van der Waals surface area contributed by atoms with Crippen molar-refractivity contribution < 1.29 is 19.0 Å². The van der Waals surface area contributed by atoms with Crippen molar-refractivity contribution in [3.05, 3.63) is 29.6 Å². The van der Waals surface area contributed by atoms with Crippen molar-refractivity contribution in [3.8, 4) is 0 Å². The van der Waals surface area contributed by atoms with Crippen LogP contribution in [0.3, 0.4) is 0 Å². The second-order valence-corrected chi connectivity index (χ2v) is 3.91. The minimum atomic E-state index is -0.524. The summed E-state index contributed by atoms with van der Waals surface area (Å²) < 4.78 is 18.8. The number of morpholine rings is 1. The summed E-state index contributed by atoms with van der Waals surface area (Å²) in [5.41, 5.74) is 0.618. The smallest absolute Gasteiger partial charge is 0.155 e. The number of carbonyl (C=O) groups is 1. The molecule has 0 bridgehead atoms. The number of aldehydes is 1. The van der Waals surface area contributed by atoms with Gasteiger partial charge in [-0.1, -0.05) is 6.07 Å². The maximum atomic E-state index is 13.4. The van der Waals surface area contributed by atoms with Gasteiger partial charge in [-0.2, -0.15) is 0 Å². The molecule has 5 heteroatoms. The van der Waals surface area contributed by atoms with Gasteiger partial charge in [0.15, 0.2) is 6.29 Å². The van der Waals surface area contributed by atoms with E-state index in [1.165, 1.54) is 6.07 Å². The third-order valence-corrected chi connectivity index (χ3v) is 2.83. The van der Waals surface area contributed by atoms with Crippen molar-refractivity contribution in [2.24, 2.45) is 0 Å². The van der Waals surface area contributed by atoms with Crippen LogP contribution in [0, 0.1) is 5.82 Å². The SMILES string of the molecule is O=Cc1c(F)cccc1N1CCOC(CO)C1. The molecule has 0 saturated carbocycles. The lowest BCUT2D eigenvalue weighted by Gasteiger charge is -2.34. The summed E-state index contributed by atoms with van der Waals surface area (Å²) in [7, 11) is 0. The van der Waals surface area contributed by atoms with E-state index in [2.05, 4.69) is 0 Å². The Bertz CT molecular complexity index is 411. The van der Waals surface area contributed by atoms with Crippen LogP contribution in [0.2, 0.25) is 0 Å². The summed E-state index contributed by atoms with van der Waals surface area (Å²) in [6.45, 7) is 1.42. The molecule has 1 aromatic carbocycles. The maximum Gasteiger partial charge on any atom is 0.155 e. The molecular weight excluding hydrogens is 225 g/mol. The monoisotopic (exact) mass is 239 g/mol. The Balaban J connectivity index is 2.27. The highest BCUT2D eigenvalue weighted by molar-refractivity contribution is 5.85. The van der Waals surface area contributed by atoms with Gasteiger partial charge >= 0.3 is 0 Å². The van der Waals surface area contributed by atoms with Gasteiger partial charge in [-0.05, 0) is 12.1 Å². The van der Waals surface area contributed by atoms with E-state index in [4.69, 9.17) is 9.84 Å². The number of aliphatic hydroxyl groups is 1. The predicted octanol–water partition coefficient (Wildman–Crippen LogP) is 0.836. The summed E-state index contributed by atoms with van der Waals surface area (Å²) in [5, 5.41) is 9.04. The Morgan fingerprint density at radius 1 is 1.59 bits per heavy atom. The molecule has 1 fully saturated rings. The molecule has 1 heterocycles. The van der Waals surface area contributed by atoms with Gasteiger partial charge in [0.05, 0.1) is 30.6 Å². The summed E-state index contributed by atoms with van der Waals surface area (Å²) in [6, 6.07) is 4.53. The predicted molar refractivity (Wildman–Crippen MR) is 60.8 cm³/mol. The number of nitrogens with zero attached hydrogens (tertiary/aromatic N) is 1. The summed E-state index contributed by atoms with van der Waals surface area (Å²) in [4.78, 5) is 12.8. The number of carbonyl (C=O) groups excluding carboxylic acids is 1. The quantitative estimate of drug-likeness (QED) is 0.794. The van der Waals surface area contributed by atoms with Gasteiger partial charge in [0, 0.05) is 13.1 Å². The highest BCUT2D eigenvalue weighted by Crippen LogP contribution is 2.23. The van der Waals surface area contributed by atoms with Crippen molar-refractivity contribution >= 4 is 12.0 Å². The molecule has 0 aliphatic carbocycles. The molecule has 92 valence electrons. The van der Waals surface area contributed by atoms with E-state index in [0.717, 1.165) is 0 Å². The average Bonchev–Trinajstić information content (AvgIpc) is 2.38. The maximum absolute atomic E-state index is 13.4. The number of benzene rings is 1. The van der Waals surface area contributed by atoms with Gasteiger partial charge < -0.3 is 14.7 Å². The lowest BCUT2D eigenvalue weighted by atomic mass is 10.1. The number of halogens is 1. The minimum absolute atomic E-state index is 0.0612. The molecule has 1 aromatic rings. The largest absolute Gasteiger partial charge is 0.394 e. The van der Waals surface area contributed by atoms with Gasteiger partial charge in [0.2, 0.25) is 0 Å². The molecular formula is C12H14FNO3. The minimum Gasteiger partial charge on any atom is -0.394 e. The van der Waals surface area contributed by atoms with Crippen molar-refractivity contribution in [1.29, 1.82) is 0 Å². The van der Waals surface area contributed by atoms with Crippen molar-refractivity contribution in [2.45, 2.75) is 6.10 Å². The Morgan fingerprint density at radius 2 is 2.41 bits per heavy atom.